The highest BCUT2D eigenvalue weighted by atomic mass is 79.9. The molecule has 0 spiro atoms. The van der Waals surface area contributed by atoms with Crippen molar-refractivity contribution in [3.63, 3.8) is 0 Å². The summed E-state index contributed by atoms with van der Waals surface area (Å²) in [5.41, 5.74) is 0. The number of nitrogens with zero attached hydrogens (tertiary/aromatic N) is 4. The highest BCUT2D eigenvalue weighted by Crippen LogP contribution is 2.17. The molecule has 17 heavy (non-hydrogen) atoms. The molecule has 1 aliphatic heterocycles. The number of rotatable bonds is 3. The number of sulfonamides is 1. The molecule has 0 atom stereocenters. The van der Waals surface area contributed by atoms with Crippen LogP contribution in [0, 0.1) is 0 Å². The van der Waals surface area contributed by atoms with Gasteiger partial charge in [0.05, 0.1) is 13.2 Å². The molecule has 1 N–H and O–H groups in total. The molecule has 1 aliphatic rings. The third-order valence-corrected chi connectivity index (χ3v) is 4.51. The van der Waals surface area contributed by atoms with Crippen molar-refractivity contribution in [1.82, 2.24) is 24.8 Å². The Balaban J connectivity index is 2.19. The van der Waals surface area contributed by atoms with E-state index >= 15 is 0 Å². The van der Waals surface area contributed by atoms with E-state index in [1.54, 1.807) is 5.01 Å². The van der Waals surface area contributed by atoms with Gasteiger partial charge in [0, 0.05) is 20.1 Å². The van der Waals surface area contributed by atoms with E-state index in [-0.39, 0.29) is 9.63 Å². The Hall–Kier alpha value is -0.550. The lowest BCUT2D eigenvalue weighted by atomic mass is 10.5. The van der Waals surface area contributed by atoms with E-state index < -0.39 is 10.0 Å². The number of halogens is 1. The normalized spacial score (nSPS) is 18.5. The molecule has 0 saturated carbocycles. The molecular formula is C7H12BrN5O3S. The summed E-state index contributed by atoms with van der Waals surface area (Å²) in [6.07, 6.45) is 0. The van der Waals surface area contributed by atoms with Crippen LogP contribution in [-0.4, -0.2) is 54.7 Å². The van der Waals surface area contributed by atoms with Gasteiger partial charge in [0.1, 0.15) is 0 Å². The number of ether oxygens (including phenoxy) is 1. The molecule has 0 aromatic carbocycles. The monoisotopic (exact) mass is 325 g/mol. The molecule has 96 valence electrons. The fraction of sp³-hybridized carbons (Fsp3) is 0.714. The summed E-state index contributed by atoms with van der Waals surface area (Å²) < 4.78 is 30.7. The smallest absolute Gasteiger partial charge is 0.273 e. The van der Waals surface area contributed by atoms with Crippen molar-refractivity contribution in [2.75, 3.05) is 26.3 Å². The van der Waals surface area contributed by atoms with Crippen molar-refractivity contribution in [2.45, 2.75) is 5.03 Å². The Labute approximate surface area is 107 Å². The Kier molecular flexibility index (Phi) is 3.78. The molecule has 2 rings (SSSR count). The Morgan fingerprint density at radius 3 is 2.59 bits per heavy atom. The molecular weight excluding hydrogens is 314 g/mol. The molecule has 0 radical (unpaired) electrons. The lowest BCUT2D eigenvalue weighted by Gasteiger charge is -2.26. The lowest BCUT2D eigenvalue weighted by Crippen LogP contribution is -2.48. The average Bonchev–Trinajstić information content (AvgIpc) is 2.59. The maximum absolute atomic E-state index is 12.1. The standard InChI is InChI=1S/C7H12BrN5O3S/c1-12-7(6(8)9-10-12)17(14,15)11-13-2-4-16-5-3-13/h11H,2-5H2,1H3. The summed E-state index contributed by atoms with van der Waals surface area (Å²) in [5, 5.41) is 8.87. The summed E-state index contributed by atoms with van der Waals surface area (Å²) in [6, 6.07) is 0. The SMILES string of the molecule is Cn1nnc(Br)c1S(=O)(=O)NN1CCOCC1. The Bertz CT molecular complexity index is 476. The molecule has 2 heterocycles. The van der Waals surface area contributed by atoms with E-state index in [1.165, 1.54) is 11.7 Å². The van der Waals surface area contributed by atoms with E-state index in [9.17, 15) is 8.42 Å². The zero-order valence-electron chi connectivity index (χ0n) is 9.13. The van der Waals surface area contributed by atoms with Crippen LogP contribution in [-0.2, 0) is 21.8 Å². The zero-order valence-corrected chi connectivity index (χ0v) is 11.5. The lowest BCUT2D eigenvalue weighted by molar-refractivity contribution is 0.0271. The van der Waals surface area contributed by atoms with Gasteiger partial charge >= 0.3 is 0 Å². The predicted molar refractivity (Wildman–Crippen MR) is 61.4 cm³/mol. The van der Waals surface area contributed by atoms with E-state index in [2.05, 4.69) is 31.1 Å². The highest BCUT2D eigenvalue weighted by molar-refractivity contribution is 9.10. The number of aromatic nitrogens is 3. The van der Waals surface area contributed by atoms with Gasteiger partial charge in [-0.05, 0) is 15.9 Å². The summed E-state index contributed by atoms with van der Waals surface area (Å²) in [7, 11) is -2.15. The van der Waals surface area contributed by atoms with Gasteiger partial charge in [-0.2, -0.15) is 0 Å². The third kappa shape index (κ3) is 2.83. The predicted octanol–water partition coefficient (Wildman–Crippen LogP) is -0.897. The van der Waals surface area contributed by atoms with Crippen LogP contribution < -0.4 is 4.83 Å². The van der Waals surface area contributed by atoms with Gasteiger partial charge in [-0.25, -0.2) is 18.1 Å². The maximum atomic E-state index is 12.1. The number of hydrogen-bond donors (Lipinski definition) is 1. The topological polar surface area (TPSA) is 89.3 Å². The highest BCUT2D eigenvalue weighted by Gasteiger charge is 2.26. The molecule has 1 aromatic heterocycles. The first-order chi connectivity index (χ1) is 8.00. The van der Waals surface area contributed by atoms with Crippen molar-refractivity contribution >= 4 is 26.0 Å². The van der Waals surface area contributed by atoms with Gasteiger partial charge in [0.2, 0.25) is 5.03 Å². The average molecular weight is 326 g/mol. The van der Waals surface area contributed by atoms with Gasteiger partial charge in [0.25, 0.3) is 10.0 Å². The van der Waals surface area contributed by atoms with Crippen LogP contribution >= 0.6 is 15.9 Å². The fourth-order valence-electron chi connectivity index (χ4n) is 1.48. The van der Waals surface area contributed by atoms with Crippen molar-refractivity contribution in [3.05, 3.63) is 4.60 Å². The van der Waals surface area contributed by atoms with Crippen LogP contribution in [0.5, 0.6) is 0 Å². The molecule has 1 aromatic rings. The van der Waals surface area contributed by atoms with Crippen LogP contribution in [0.2, 0.25) is 0 Å². The first-order valence-corrected chi connectivity index (χ1v) is 7.18. The first kappa shape index (κ1) is 12.9. The largest absolute Gasteiger partial charge is 0.379 e. The summed E-state index contributed by atoms with van der Waals surface area (Å²) in [4.78, 5) is 2.47. The number of nitrogens with one attached hydrogen (secondary N) is 1. The van der Waals surface area contributed by atoms with Gasteiger partial charge in [-0.1, -0.05) is 5.21 Å². The number of morpholine rings is 1. The molecule has 8 nitrogen and oxygen atoms in total. The minimum absolute atomic E-state index is 0.00370. The first-order valence-electron chi connectivity index (χ1n) is 4.91. The van der Waals surface area contributed by atoms with Gasteiger partial charge in [-0.15, -0.1) is 9.93 Å². The summed E-state index contributed by atoms with van der Waals surface area (Å²) >= 11 is 3.06. The van der Waals surface area contributed by atoms with Crippen LogP contribution in [0.4, 0.5) is 0 Å². The van der Waals surface area contributed by atoms with Crippen LogP contribution in [0.25, 0.3) is 0 Å². The number of aryl methyl sites for hydroxylation is 1. The van der Waals surface area contributed by atoms with Gasteiger partial charge < -0.3 is 4.74 Å². The second-order valence-electron chi connectivity index (χ2n) is 3.50. The van der Waals surface area contributed by atoms with Crippen molar-refractivity contribution in [3.8, 4) is 0 Å². The molecule has 10 heteroatoms. The van der Waals surface area contributed by atoms with Gasteiger partial charge in [-0.3, -0.25) is 0 Å². The number of hydrazine groups is 1. The van der Waals surface area contributed by atoms with E-state index in [0.717, 1.165) is 0 Å². The van der Waals surface area contributed by atoms with Crippen molar-refractivity contribution in [2.24, 2.45) is 7.05 Å². The molecule has 0 aliphatic carbocycles. The molecule has 0 bridgehead atoms. The van der Waals surface area contributed by atoms with Crippen LogP contribution in [0.1, 0.15) is 0 Å². The van der Waals surface area contributed by atoms with E-state index in [4.69, 9.17) is 4.74 Å². The Morgan fingerprint density at radius 1 is 1.41 bits per heavy atom. The molecule has 1 fully saturated rings. The second-order valence-corrected chi connectivity index (χ2v) is 5.83. The third-order valence-electron chi connectivity index (χ3n) is 2.25. The van der Waals surface area contributed by atoms with E-state index in [1.807, 2.05) is 0 Å². The van der Waals surface area contributed by atoms with Crippen LogP contribution in [0.3, 0.4) is 0 Å². The fourth-order valence-corrected chi connectivity index (χ4v) is 3.70. The van der Waals surface area contributed by atoms with E-state index in [0.29, 0.717) is 26.3 Å². The molecule has 1 saturated heterocycles. The second kappa shape index (κ2) is 4.98. The maximum Gasteiger partial charge on any atom is 0.273 e. The molecule has 0 amide bonds. The summed E-state index contributed by atoms with van der Waals surface area (Å²) in [6.45, 7) is 2.05. The Morgan fingerprint density at radius 2 is 2.06 bits per heavy atom. The summed E-state index contributed by atoms with van der Waals surface area (Å²) in [5.74, 6) is 0. The van der Waals surface area contributed by atoms with Crippen molar-refractivity contribution < 1.29 is 13.2 Å². The van der Waals surface area contributed by atoms with Gasteiger partial charge in [0.15, 0.2) is 4.60 Å². The number of hydrogen-bond acceptors (Lipinski definition) is 6. The minimum atomic E-state index is -3.67. The quantitative estimate of drug-likeness (QED) is 0.775. The van der Waals surface area contributed by atoms with Crippen LogP contribution in [0.15, 0.2) is 9.63 Å². The minimum Gasteiger partial charge on any atom is -0.379 e. The van der Waals surface area contributed by atoms with Crippen molar-refractivity contribution in [1.29, 1.82) is 0 Å². The molecule has 0 unspecified atom stereocenters. The zero-order chi connectivity index (χ0) is 12.5.